The second-order valence-electron chi connectivity index (χ2n) is 5.70. The van der Waals surface area contributed by atoms with Crippen molar-refractivity contribution < 1.29 is 13.2 Å². The van der Waals surface area contributed by atoms with Gasteiger partial charge in [-0.25, -0.2) is 8.42 Å². The highest BCUT2D eigenvalue weighted by molar-refractivity contribution is 7.91. The summed E-state index contributed by atoms with van der Waals surface area (Å²) in [7, 11) is -2.87. The summed E-state index contributed by atoms with van der Waals surface area (Å²) in [6.07, 6.45) is 1.05. The van der Waals surface area contributed by atoms with Gasteiger partial charge in [0.25, 0.3) is 0 Å². The molecule has 1 unspecified atom stereocenters. The molecule has 1 N–H and O–H groups in total. The van der Waals surface area contributed by atoms with Crippen LogP contribution in [0.5, 0.6) is 0 Å². The summed E-state index contributed by atoms with van der Waals surface area (Å²) in [5.74, 6) is 0.552. The summed E-state index contributed by atoms with van der Waals surface area (Å²) in [5.41, 5.74) is 1.12. The molecule has 1 saturated heterocycles. The van der Waals surface area contributed by atoms with Gasteiger partial charge in [-0.2, -0.15) is 0 Å². The quantitative estimate of drug-likeness (QED) is 0.818. The van der Waals surface area contributed by atoms with Crippen molar-refractivity contribution in [1.29, 1.82) is 0 Å². The number of sulfone groups is 1. The fourth-order valence-corrected chi connectivity index (χ4v) is 4.39. The Morgan fingerprint density at radius 1 is 1.32 bits per heavy atom. The average Bonchev–Trinajstić information content (AvgIpc) is 2.85. The minimum atomic E-state index is -2.87. The van der Waals surface area contributed by atoms with Crippen LogP contribution < -0.4 is 5.32 Å². The highest BCUT2D eigenvalue weighted by atomic mass is 32.2. The molecule has 1 aromatic carbocycles. The third-order valence-corrected chi connectivity index (χ3v) is 5.72. The summed E-state index contributed by atoms with van der Waals surface area (Å²) in [4.78, 5) is 14.1. The standard InChI is InChI=1S/C16H24N2O3S/c1-2-18(12-14-6-4-3-5-7-14)16(19)8-10-17-15-9-11-22(20,21)13-15/h3-7,15,17H,2,8-13H2,1H3. The van der Waals surface area contributed by atoms with Crippen LogP contribution >= 0.6 is 0 Å². The number of benzene rings is 1. The molecule has 0 aromatic heterocycles. The van der Waals surface area contributed by atoms with E-state index in [0.717, 1.165) is 5.56 Å². The topological polar surface area (TPSA) is 66.5 Å². The van der Waals surface area contributed by atoms with E-state index in [0.29, 0.717) is 32.5 Å². The number of nitrogens with one attached hydrogen (secondary N) is 1. The van der Waals surface area contributed by atoms with Gasteiger partial charge >= 0.3 is 0 Å². The first-order valence-electron chi connectivity index (χ1n) is 7.75. The fourth-order valence-electron chi connectivity index (χ4n) is 2.68. The van der Waals surface area contributed by atoms with Gasteiger partial charge < -0.3 is 10.2 Å². The van der Waals surface area contributed by atoms with Crippen molar-refractivity contribution in [1.82, 2.24) is 10.2 Å². The van der Waals surface area contributed by atoms with E-state index in [2.05, 4.69) is 5.32 Å². The lowest BCUT2D eigenvalue weighted by Crippen LogP contribution is -2.36. The molecule has 1 aromatic rings. The van der Waals surface area contributed by atoms with Crippen LogP contribution in [-0.4, -0.2) is 49.9 Å². The largest absolute Gasteiger partial charge is 0.339 e. The minimum Gasteiger partial charge on any atom is -0.339 e. The summed E-state index contributed by atoms with van der Waals surface area (Å²) < 4.78 is 22.8. The van der Waals surface area contributed by atoms with Gasteiger partial charge in [-0.15, -0.1) is 0 Å². The molecule has 2 rings (SSSR count). The summed E-state index contributed by atoms with van der Waals surface area (Å²) >= 11 is 0. The van der Waals surface area contributed by atoms with Crippen molar-refractivity contribution in [3.8, 4) is 0 Å². The molecule has 1 atom stereocenters. The maximum Gasteiger partial charge on any atom is 0.224 e. The highest BCUT2D eigenvalue weighted by Crippen LogP contribution is 2.11. The number of hydrogen-bond acceptors (Lipinski definition) is 4. The first kappa shape index (κ1) is 17.0. The van der Waals surface area contributed by atoms with Crippen molar-refractivity contribution in [3.05, 3.63) is 35.9 Å². The smallest absolute Gasteiger partial charge is 0.224 e. The molecular formula is C16H24N2O3S. The van der Waals surface area contributed by atoms with Crippen molar-refractivity contribution >= 4 is 15.7 Å². The maximum atomic E-state index is 12.2. The molecular weight excluding hydrogens is 300 g/mol. The number of nitrogens with zero attached hydrogens (tertiary/aromatic N) is 1. The number of carbonyl (C=O) groups is 1. The Labute approximate surface area is 132 Å². The molecule has 5 nitrogen and oxygen atoms in total. The van der Waals surface area contributed by atoms with Gasteiger partial charge in [0.1, 0.15) is 0 Å². The van der Waals surface area contributed by atoms with Gasteiger partial charge in [-0.05, 0) is 18.9 Å². The van der Waals surface area contributed by atoms with E-state index in [4.69, 9.17) is 0 Å². The van der Waals surface area contributed by atoms with Crippen LogP contribution in [-0.2, 0) is 21.2 Å². The van der Waals surface area contributed by atoms with Crippen LogP contribution in [0.25, 0.3) is 0 Å². The number of carbonyl (C=O) groups excluding carboxylic acids is 1. The van der Waals surface area contributed by atoms with Crippen molar-refractivity contribution in [3.63, 3.8) is 0 Å². The molecule has 0 saturated carbocycles. The molecule has 22 heavy (non-hydrogen) atoms. The fraction of sp³-hybridized carbons (Fsp3) is 0.562. The predicted octanol–water partition coefficient (Wildman–Crippen LogP) is 1.20. The predicted molar refractivity (Wildman–Crippen MR) is 87.2 cm³/mol. The van der Waals surface area contributed by atoms with Gasteiger partial charge in [0.15, 0.2) is 9.84 Å². The Hall–Kier alpha value is -1.40. The summed E-state index contributed by atoms with van der Waals surface area (Å²) in [6.45, 7) is 3.79. The lowest BCUT2D eigenvalue weighted by Gasteiger charge is -2.21. The molecule has 1 heterocycles. The zero-order chi connectivity index (χ0) is 16.0. The molecule has 0 aliphatic carbocycles. The van der Waals surface area contributed by atoms with Gasteiger partial charge in [-0.3, -0.25) is 4.79 Å². The Morgan fingerprint density at radius 3 is 2.64 bits per heavy atom. The molecule has 6 heteroatoms. The minimum absolute atomic E-state index is 0.00185. The normalized spacial score (nSPS) is 20.0. The van der Waals surface area contributed by atoms with E-state index in [1.54, 1.807) is 0 Å². The molecule has 0 radical (unpaired) electrons. The summed E-state index contributed by atoms with van der Waals surface area (Å²) in [5, 5.41) is 3.18. The van der Waals surface area contributed by atoms with Gasteiger partial charge in [0.05, 0.1) is 11.5 Å². The third-order valence-electron chi connectivity index (χ3n) is 3.95. The van der Waals surface area contributed by atoms with Crippen LogP contribution in [0, 0.1) is 0 Å². The average molecular weight is 324 g/mol. The maximum absolute atomic E-state index is 12.2. The summed E-state index contributed by atoms with van der Waals surface area (Å²) in [6, 6.07) is 9.92. The zero-order valence-corrected chi connectivity index (χ0v) is 13.8. The van der Waals surface area contributed by atoms with Gasteiger partial charge in [0.2, 0.25) is 5.91 Å². The molecule has 1 fully saturated rings. The highest BCUT2D eigenvalue weighted by Gasteiger charge is 2.27. The van der Waals surface area contributed by atoms with E-state index in [1.165, 1.54) is 0 Å². The molecule has 122 valence electrons. The first-order chi connectivity index (χ1) is 10.5. The Bertz CT molecular complexity index is 587. The van der Waals surface area contributed by atoms with Crippen LogP contribution in [0.4, 0.5) is 0 Å². The Balaban J connectivity index is 1.75. The molecule has 0 bridgehead atoms. The molecule has 1 aliphatic heterocycles. The van der Waals surface area contributed by atoms with Crippen LogP contribution in [0.1, 0.15) is 25.3 Å². The number of hydrogen-bond donors (Lipinski definition) is 1. The second kappa shape index (κ2) is 7.74. The number of rotatable bonds is 7. The van der Waals surface area contributed by atoms with E-state index < -0.39 is 9.84 Å². The van der Waals surface area contributed by atoms with E-state index >= 15 is 0 Å². The molecule has 1 amide bonds. The van der Waals surface area contributed by atoms with Crippen molar-refractivity contribution in [2.45, 2.75) is 32.4 Å². The number of amides is 1. The zero-order valence-electron chi connectivity index (χ0n) is 13.0. The van der Waals surface area contributed by atoms with E-state index in [9.17, 15) is 13.2 Å². The third kappa shape index (κ3) is 5.10. The van der Waals surface area contributed by atoms with Gasteiger partial charge in [-0.1, -0.05) is 30.3 Å². The Morgan fingerprint density at radius 2 is 2.05 bits per heavy atom. The molecule has 0 spiro atoms. The Kier molecular flexibility index (Phi) is 5.97. The van der Waals surface area contributed by atoms with Crippen LogP contribution in [0.15, 0.2) is 30.3 Å². The van der Waals surface area contributed by atoms with Crippen LogP contribution in [0.3, 0.4) is 0 Å². The van der Waals surface area contributed by atoms with E-state index in [1.807, 2.05) is 42.2 Å². The van der Waals surface area contributed by atoms with E-state index in [-0.39, 0.29) is 23.5 Å². The lowest BCUT2D eigenvalue weighted by atomic mass is 10.2. The molecule has 1 aliphatic rings. The van der Waals surface area contributed by atoms with Gasteiger partial charge in [0, 0.05) is 32.1 Å². The SMILES string of the molecule is CCN(Cc1ccccc1)C(=O)CCNC1CCS(=O)(=O)C1. The lowest BCUT2D eigenvalue weighted by molar-refractivity contribution is -0.131. The first-order valence-corrected chi connectivity index (χ1v) is 9.58. The van der Waals surface area contributed by atoms with Crippen molar-refractivity contribution in [2.75, 3.05) is 24.6 Å². The monoisotopic (exact) mass is 324 g/mol. The van der Waals surface area contributed by atoms with Crippen LogP contribution in [0.2, 0.25) is 0 Å². The van der Waals surface area contributed by atoms with Crippen molar-refractivity contribution in [2.24, 2.45) is 0 Å². The second-order valence-corrected chi connectivity index (χ2v) is 7.93.